The van der Waals surface area contributed by atoms with Crippen molar-refractivity contribution in [2.24, 2.45) is 5.84 Å². The lowest BCUT2D eigenvalue weighted by Gasteiger charge is -2.19. The highest BCUT2D eigenvalue weighted by atomic mass is 32.2. The summed E-state index contributed by atoms with van der Waals surface area (Å²) < 4.78 is 22.2. The van der Waals surface area contributed by atoms with E-state index in [0.717, 1.165) is 0 Å². The predicted molar refractivity (Wildman–Crippen MR) is 50.2 cm³/mol. The standard InChI is InChI=1S/C7H16N2O2S/c1-4-5-7(9-8)6(2)12(3,10)11/h4,6-7,9H,1,5,8H2,2-3H3. The molecule has 2 unspecified atom stereocenters. The van der Waals surface area contributed by atoms with Crippen LogP contribution in [0.2, 0.25) is 0 Å². The molecule has 0 amide bonds. The van der Waals surface area contributed by atoms with Crippen molar-refractivity contribution in [2.45, 2.75) is 24.6 Å². The van der Waals surface area contributed by atoms with Gasteiger partial charge in [-0.2, -0.15) is 0 Å². The normalized spacial score (nSPS) is 16.9. The van der Waals surface area contributed by atoms with Crippen molar-refractivity contribution in [1.29, 1.82) is 0 Å². The highest BCUT2D eigenvalue weighted by molar-refractivity contribution is 7.91. The lowest BCUT2D eigenvalue weighted by atomic mass is 10.1. The summed E-state index contributed by atoms with van der Waals surface area (Å²) in [6.45, 7) is 5.15. The number of hydrazine groups is 1. The molecular weight excluding hydrogens is 176 g/mol. The third-order valence-electron chi connectivity index (χ3n) is 1.88. The zero-order valence-electron chi connectivity index (χ0n) is 7.45. The van der Waals surface area contributed by atoms with Gasteiger partial charge in [-0.1, -0.05) is 6.08 Å². The molecule has 3 N–H and O–H groups in total. The minimum Gasteiger partial charge on any atom is -0.271 e. The first-order chi connectivity index (χ1) is 5.43. The fourth-order valence-corrected chi connectivity index (χ4v) is 1.66. The van der Waals surface area contributed by atoms with Crippen molar-refractivity contribution in [3.05, 3.63) is 12.7 Å². The second-order valence-corrected chi connectivity index (χ2v) is 5.23. The maximum Gasteiger partial charge on any atom is 0.151 e. The number of rotatable bonds is 5. The van der Waals surface area contributed by atoms with Crippen LogP contribution in [0.4, 0.5) is 0 Å². The molecule has 0 saturated carbocycles. The third-order valence-corrected chi connectivity index (χ3v) is 3.56. The summed E-state index contributed by atoms with van der Waals surface area (Å²) >= 11 is 0. The average molecular weight is 192 g/mol. The summed E-state index contributed by atoms with van der Waals surface area (Å²) in [7, 11) is -3.03. The lowest BCUT2D eigenvalue weighted by molar-refractivity contribution is 0.500. The number of nitrogens with two attached hydrogens (primary N) is 1. The molecule has 4 nitrogen and oxygen atoms in total. The minimum absolute atomic E-state index is 0.252. The summed E-state index contributed by atoms with van der Waals surface area (Å²) in [6, 6.07) is -0.252. The van der Waals surface area contributed by atoms with E-state index in [1.807, 2.05) is 0 Å². The largest absolute Gasteiger partial charge is 0.271 e. The van der Waals surface area contributed by atoms with Crippen LogP contribution >= 0.6 is 0 Å². The first kappa shape index (κ1) is 11.6. The van der Waals surface area contributed by atoms with Crippen molar-refractivity contribution >= 4 is 9.84 Å². The van der Waals surface area contributed by atoms with E-state index >= 15 is 0 Å². The number of hydrogen-bond donors (Lipinski definition) is 2. The highest BCUT2D eigenvalue weighted by Gasteiger charge is 2.23. The lowest BCUT2D eigenvalue weighted by Crippen LogP contribution is -2.45. The average Bonchev–Trinajstić information content (AvgIpc) is 1.97. The molecule has 0 heterocycles. The molecule has 0 aliphatic carbocycles. The van der Waals surface area contributed by atoms with Crippen LogP contribution in [-0.2, 0) is 9.84 Å². The van der Waals surface area contributed by atoms with Crippen LogP contribution in [0.5, 0.6) is 0 Å². The van der Waals surface area contributed by atoms with Crippen LogP contribution in [0.15, 0.2) is 12.7 Å². The van der Waals surface area contributed by atoms with Gasteiger partial charge in [0.15, 0.2) is 9.84 Å². The fourth-order valence-electron chi connectivity index (χ4n) is 0.873. The van der Waals surface area contributed by atoms with Gasteiger partial charge in [0.05, 0.1) is 5.25 Å². The van der Waals surface area contributed by atoms with Crippen molar-refractivity contribution in [3.63, 3.8) is 0 Å². The molecule has 0 fully saturated rings. The zero-order valence-corrected chi connectivity index (χ0v) is 8.26. The Hall–Kier alpha value is -0.390. The Bertz CT molecular complexity index is 236. The van der Waals surface area contributed by atoms with Crippen molar-refractivity contribution in [1.82, 2.24) is 5.43 Å². The molecule has 0 aromatic carbocycles. The van der Waals surface area contributed by atoms with E-state index < -0.39 is 15.1 Å². The second kappa shape index (κ2) is 4.59. The summed E-state index contributed by atoms with van der Waals surface area (Å²) in [6.07, 6.45) is 3.39. The molecule has 0 spiro atoms. The smallest absolute Gasteiger partial charge is 0.151 e. The molecule has 0 bridgehead atoms. The van der Waals surface area contributed by atoms with Gasteiger partial charge >= 0.3 is 0 Å². The van der Waals surface area contributed by atoms with E-state index in [2.05, 4.69) is 12.0 Å². The second-order valence-electron chi connectivity index (χ2n) is 2.83. The molecule has 0 aliphatic rings. The summed E-state index contributed by atoms with van der Waals surface area (Å²) in [5, 5.41) is -0.486. The minimum atomic E-state index is -3.03. The van der Waals surface area contributed by atoms with Crippen LogP contribution in [0.1, 0.15) is 13.3 Å². The van der Waals surface area contributed by atoms with Crippen LogP contribution in [0.25, 0.3) is 0 Å². The quantitative estimate of drug-likeness (QED) is 0.360. The van der Waals surface area contributed by atoms with E-state index in [-0.39, 0.29) is 6.04 Å². The summed E-state index contributed by atoms with van der Waals surface area (Å²) in [5.41, 5.74) is 2.46. The third kappa shape index (κ3) is 3.34. The van der Waals surface area contributed by atoms with Crippen molar-refractivity contribution < 1.29 is 8.42 Å². The van der Waals surface area contributed by atoms with E-state index in [1.165, 1.54) is 6.26 Å². The molecule has 0 aliphatic heterocycles. The molecule has 0 aromatic rings. The predicted octanol–water partition coefficient (Wildman–Crippen LogP) is -0.172. The maximum atomic E-state index is 11.1. The van der Waals surface area contributed by atoms with Gasteiger partial charge in [0.2, 0.25) is 0 Å². The van der Waals surface area contributed by atoms with Gasteiger partial charge < -0.3 is 0 Å². The summed E-state index contributed by atoms with van der Waals surface area (Å²) in [4.78, 5) is 0. The van der Waals surface area contributed by atoms with Gasteiger partial charge in [0.1, 0.15) is 0 Å². The Morgan fingerprint density at radius 3 is 2.42 bits per heavy atom. The molecule has 2 atom stereocenters. The van der Waals surface area contributed by atoms with E-state index in [1.54, 1.807) is 13.0 Å². The Balaban J connectivity index is 4.41. The topological polar surface area (TPSA) is 72.2 Å². The highest BCUT2D eigenvalue weighted by Crippen LogP contribution is 2.07. The molecule has 5 heteroatoms. The Morgan fingerprint density at radius 2 is 2.17 bits per heavy atom. The zero-order chi connectivity index (χ0) is 9.78. The number of sulfone groups is 1. The fraction of sp³-hybridized carbons (Fsp3) is 0.714. The SMILES string of the molecule is C=CCC(NN)C(C)S(C)(=O)=O. The Morgan fingerprint density at radius 1 is 1.67 bits per heavy atom. The van der Waals surface area contributed by atoms with E-state index in [4.69, 9.17) is 5.84 Å². The van der Waals surface area contributed by atoms with Gasteiger partial charge in [-0.05, 0) is 13.3 Å². The van der Waals surface area contributed by atoms with Gasteiger partial charge in [0, 0.05) is 12.3 Å². The molecule has 0 saturated heterocycles. The maximum absolute atomic E-state index is 11.1. The van der Waals surface area contributed by atoms with E-state index in [0.29, 0.717) is 6.42 Å². The van der Waals surface area contributed by atoms with Gasteiger partial charge in [-0.3, -0.25) is 11.3 Å². The number of nitrogens with one attached hydrogen (secondary N) is 1. The Kier molecular flexibility index (Phi) is 4.44. The Labute approximate surface area is 73.7 Å². The molecular formula is C7H16N2O2S. The summed E-state index contributed by atoms with van der Waals surface area (Å²) in [5.74, 6) is 5.19. The molecule has 0 aromatic heterocycles. The van der Waals surface area contributed by atoms with Gasteiger partial charge in [-0.15, -0.1) is 6.58 Å². The van der Waals surface area contributed by atoms with Gasteiger partial charge in [-0.25, -0.2) is 8.42 Å². The van der Waals surface area contributed by atoms with Crippen LogP contribution in [0, 0.1) is 0 Å². The number of hydrogen-bond acceptors (Lipinski definition) is 4. The first-order valence-corrected chi connectivity index (χ1v) is 5.64. The van der Waals surface area contributed by atoms with Crippen molar-refractivity contribution in [2.75, 3.05) is 6.26 Å². The van der Waals surface area contributed by atoms with Crippen LogP contribution in [-0.4, -0.2) is 26.0 Å². The molecule has 0 rings (SSSR count). The monoisotopic (exact) mass is 192 g/mol. The van der Waals surface area contributed by atoms with E-state index in [9.17, 15) is 8.42 Å². The molecule has 0 radical (unpaired) electrons. The van der Waals surface area contributed by atoms with Crippen molar-refractivity contribution in [3.8, 4) is 0 Å². The first-order valence-electron chi connectivity index (χ1n) is 3.69. The molecule has 12 heavy (non-hydrogen) atoms. The van der Waals surface area contributed by atoms with Gasteiger partial charge in [0.25, 0.3) is 0 Å². The molecule has 72 valence electrons. The van der Waals surface area contributed by atoms with Crippen LogP contribution < -0.4 is 11.3 Å². The van der Waals surface area contributed by atoms with Crippen LogP contribution in [0.3, 0.4) is 0 Å².